The van der Waals surface area contributed by atoms with Gasteiger partial charge < -0.3 is 10.2 Å². The number of carboxylic acids is 1. The van der Waals surface area contributed by atoms with Gasteiger partial charge in [-0.3, -0.25) is 4.79 Å². The zero-order valence-electron chi connectivity index (χ0n) is 18.2. The van der Waals surface area contributed by atoms with Crippen molar-refractivity contribution in [1.29, 1.82) is 5.26 Å². The van der Waals surface area contributed by atoms with E-state index >= 15 is 0 Å². The molecule has 1 fully saturated rings. The number of phenolic OH excluding ortho intramolecular Hbond substituents is 1. The summed E-state index contributed by atoms with van der Waals surface area (Å²) in [4.78, 5) is 12.3. The minimum atomic E-state index is -1.41. The minimum absolute atomic E-state index is 0.131. The monoisotopic (exact) mass is 385 g/mol. The highest BCUT2D eigenvalue weighted by Gasteiger charge is 2.47. The summed E-state index contributed by atoms with van der Waals surface area (Å²) in [5.41, 5.74) is 0.433. The van der Waals surface area contributed by atoms with Crippen molar-refractivity contribution in [2.45, 2.75) is 90.9 Å². The van der Waals surface area contributed by atoms with E-state index in [4.69, 9.17) is 0 Å². The number of benzene rings is 1. The molecule has 28 heavy (non-hydrogen) atoms. The van der Waals surface area contributed by atoms with E-state index in [2.05, 4.69) is 6.07 Å². The van der Waals surface area contributed by atoms with Crippen LogP contribution in [0.2, 0.25) is 0 Å². The zero-order valence-corrected chi connectivity index (χ0v) is 18.2. The average molecular weight is 386 g/mol. The molecule has 1 atom stereocenters. The molecule has 1 aromatic rings. The van der Waals surface area contributed by atoms with Crippen molar-refractivity contribution in [2.24, 2.45) is 11.3 Å². The maximum atomic E-state index is 12.3. The molecule has 0 bridgehead atoms. The first kappa shape index (κ1) is 22.3. The number of phenols is 1. The summed E-state index contributed by atoms with van der Waals surface area (Å²) in [6, 6.07) is 6.01. The van der Waals surface area contributed by atoms with Crippen molar-refractivity contribution in [1.82, 2.24) is 0 Å². The van der Waals surface area contributed by atoms with Gasteiger partial charge in [0.1, 0.15) is 5.75 Å². The van der Waals surface area contributed by atoms with E-state index in [9.17, 15) is 20.3 Å². The fraction of sp³-hybridized carbons (Fsp3) is 0.667. The van der Waals surface area contributed by atoms with E-state index in [1.807, 2.05) is 53.7 Å². The van der Waals surface area contributed by atoms with Crippen LogP contribution >= 0.6 is 0 Å². The fourth-order valence-electron chi connectivity index (χ4n) is 4.43. The summed E-state index contributed by atoms with van der Waals surface area (Å²) in [5.74, 6) is -0.877. The summed E-state index contributed by atoms with van der Waals surface area (Å²) in [5, 5.41) is 31.0. The Labute approximate surface area is 169 Å². The molecule has 1 aliphatic rings. The van der Waals surface area contributed by atoms with Crippen LogP contribution in [0.25, 0.3) is 0 Å². The van der Waals surface area contributed by atoms with Crippen molar-refractivity contribution in [3.05, 3.63) is 28.8 Å². The molecule has 154 valence electrons. The fourth-order valence-corrected chi connectivity index (χ4v) is 4.43. The summed E-state index contributed by atoms with van der Waals surface area (Å²) < 4.78 is 0. The highest BCUT2D eigenvalue weighted by atomic mass is 16.4. The van der Waals surface area contributed by atoms with Crippen molar-refractivity contribution in [3.8, 4) is 11.8 Å². The molecule has 2 N–H and O–H groups in total. The van der Waals surface area contributed by atoms with Crippen LogP contribution in [0.5, 0.6) is 5.75 Å². The van der Waals surface area contributed by atoms with Crippen molar-refractivity contribution in [3.63, 3.8) is 0 Å². The molecule has 1 saturated carbocycles. The maximum Gasteiger partial charge on any atom is 0.324 e. The van der Waals surface area contributed by atoms with Gasteiger partial charge in [0.05, 0.1) is 6.07 Å². The first-order valence-corrected chi connectivity index (χ1v) is 10.3. The molecule has 0 amide bonds. The number of rotatable bonds is 4. The lowest BCUT2D eigenvalue weighted by Crippen LogP contribution is -2.40. The molecule has 2 rings (SSSR count). The smallest absolute Gasteiger partial charge is 0.324 e. The second kappa shape index (κ2) is 7.78. The standard InChI is InChI=1S/C24H35NO3/c1-22(2,3)18-12-16(13-19(20(18)26)23(4,5)6)14-24(15-25,21(27)28)17-10-8-7-9-11-17/h12-13,17,26H,7-11,14H2,1-6H3,(H,27,28). The highest BCUT2D eigenvalue weighted by molar-refractivity contribution is 5.79. The Morgan fingerprint density at radius 2 is 1.50 bits per heavy atom. The molecule has 1 aromatic carbocycles. The Hall–Kier alpha value is -2.02. The number of carboxylic acid groups (broad SMARTS) is 1. The van der Waals surface area contributed by atoms with E-state index in [1.54, 1.807) is 0 Å². The molecule has 0 aromatic heterocycles. The maximum absolute atomic E-state index is 12.3. The van der Waals surface area contributed by atoms with E-state index < -0.39 is 11.4 Å². The molecule has 0 saturated heterocycles. The third kappa shape index (κ3) is 4.35. The summed E-state index contributed by atoms with van der Waals surface area (Å²) >= 11 is 0. The van der Waals surface area contributed by atoms with Crippen LogP contribution in [-0.4, -0.2) is 16.2 Å². The second-order valence-corrected chi connectivity index (χ2v) is 10.4. The number of nitrogens with zero attached hydrogens (tertiary/aromatic N) is 1. The summed E-state index contributed by atoms with van der Waals surface area (Å²) in [7, 11) is 0. The van der Waals surface area contributed by atoms with Gasteiger partial charge in [0.15, 0.2) is 5.41 Å². The number of aromatic hydroxyl groups is 1. The van der Waals surface area contributed by atoms with Gasteiger partial charge >= 0.3 is 5.97 Å². The lowest BCUT2D eigenvalue weighted by Gasteiger charge is -2.35. The Balaban J connectivity index is 2.62. The Morgan fingerprint density at radius 1 is 1.04 bits per heavy atom. The molecular weight excluding hydrogens is 350 g/mol. The number of carbonyl (C=O) groups is 1. The van der Waals surface area contributed by atoms with E-state index in [-0.39, 0.29) is 28.9 Å². The Kier molecular flexibility index (Phi) is 6.19. The Morgan fingerprint density at radius 3 is 1.86 bits per heavy atom. The van der Waals surface area contributed by atoms with Crippen LogP contribution in [0.3, 0.4) is 0 Å². The number of hydrogen-bond acceptors (Lipinski definition) is 3. The molecule has 0 spiro atoms. The largest absolute Gasteiger partial charge is 0.507 e. The molecule has 1 unspecified atom stereocenters. The predicted octanol–water partition coefficient (Wildman–Crippen LogP) is 5.70. The third-order valence-electron chi connectivity index (χ3n) is 6.15. The first-order chi connectivity index (χ1) is 12.8. The van der Waals surface area contributed by atoms with Crippen LogP contribution < -0.4 is 0 Å². The van der Waals surface area contributed by atoms with Crippen molar-refractivity contribution in [2.75, 3.05) is 0 Å². The molecule has 4 nitrogen and oxygen atoms in total. The van der Waals surface area contributed by atoms with Crippen molar-refractivity contribution >= 4 is 5.97 Å². The molecule has 0 aliphatic heterocycles. The lowest BCUT2D eigenvalue weighted by molar-refractivity contribution is -0.149. The van der Waals surface area contributed by atoms with E-state index in [0.717, 1.165) is 48.8 Å². The SMILES string of the molecule is CC(C)(C)c1cc(CC(C#N)(C(=O)O)C2CCCCC2)cc(C(C)(C)C)c1O. The first-order valence-electron chi connectivity index (χ1n) is 10.3. The van der Waals surface area contributed by atoms with E-state index in [1.165, 1.54) is 0 Å². The van der Waals surface area contributed by atoms with Crippen LogP contribution in [0.1, 0.15) is 90.3 Å². The topological polar surface area (TPSA) is 81.3 Å². The third-order valence-corrected chi connectivity index (χ3v) is 6.15. The molecule has 0 radical (unpaired) electrons. The van der Waals surface area contributed by atoms with Gasteiger partial charge in [-0.1, -0.05) is 72.9 Å². The molecule has 0 heterocycles. The minimum Gasteiger partial charge on any atom is -0.507 e. The van der Waals surface area contributed by atoms with Gasteiger partial charge in [-0.05, 0) is 46.3 Å². The number of aliphatic carboxylic acids is 1. The number of hydrogen-bond donors (Lipinski definition) is 2. The summed E-state index contributed by atoms with van der Waals surface area (Å²) in [6.45, 7) is 12.2. The van der Waals surface area contributed by atoms with Gasteiger partial charge in [0.2, 0.25) is 0 Å². The average Bonchev–Trinajstić information content (AvgIpc) is 2.59. The van der Waals surface area contributed by atoms with Gasteiger partial charge in [-0.25, -0.2) is 0 Å². The van der Waals surface area contributed by atoms with Gasteiger partial charge in [-0.15, -0.1) is 0 Å². The van der Waals surface area contributed by atoms with Gasteiger partial charge in [0.25, 0.3) is 0 Å². The Bertz CT molecular complexity index is 736. The van der Waals surface area contributed by atoms with Crippen LogP contribution in [0, 0.1) is 22.7 Å². The van der Waals surface area contributed by atoms with Crippen molar-refractivity contribution < 1.29 is 15.0 Å². The second-order valence-electron chi connectivity index (χ2n) is 10.4. The zero-order chi connectivity index (χ0) is 21.3. The summed E-state index contributed by atoms with van der Waals surface area (Å²) in [6.07, 6.45) is 4.83. The lowest BCUT2D eigenvalue weighted by atomic mass is 9.66. The normalized spacial score (nSPS) is 18.3. The van der Waals surface area contributed by atoms with Crippen LogP contribution in [-0.2, 0) is 22.0 Å². The highest BCUT2D eigenvalue weighted by Crippen LogP contribution is 2.44. The molecular formula is C24H35NO3. The quantitative estimate of drug-likeness (QED) is 0.696. The molecule has 1 aliphatic carbocycles. The van der Waals surface area contributed by atoms with E-state index in [0.29, 0.717) is 0 Å². The van der Waals surface area contributed by atoms with Crippen LogP contribution in [0.15, 0.2) is 12.1 Å². The predicted molar refractivity (Wildman–Crippen MR) is 111 cm³/mol. The van der Waals surface area contributed by atoms with Crippen LogP contribution in [0.4, 0.5) is 0 Å². The van der Waals surface area contributed by atoms with Gasteiger partial charge in [0, 0.05) is 6.42 Å². The molecule has 4 heteroatoms. The number of nitriles is 1. The van der Waals surface area contributed by atoms with Gasteiger partial charge in [-0.2, -0.15) is 5.26 Å².